The van der Waals surface area contributed by atoms with Crippen molar-refractivity contribution in [1.82, 2.24) is 10.0 Å². The van der Waals surface area contributed by atoms with Gasteiger partial charge in [0.15, 0.2) is 6.10 Å². The number of ether oxygens (including phenoxy) is 1. The van der Waals surface area contributed by atoms with Gasteiger partial charge in [0, 0.05) is 6.54 Å². The highest BCUT2D eigenvalue weighted by Gasteiger charge is 2.21. The maximum absolute atomic E-state index is 12.1. The zero-order valence-electron chi connectivity index (χ0n) is 13.0. The number of carbonyl (C=O) groups excluding carboxylic acids is 2. The number of amides is 1. The van der Waals surface area contributed by atoms with Crippen molar-refractivity contribution in [2.45, 2.75) is 17.9 Å². The third-order valence-corrected chi connectivity index (χ3v) is 4.26. The van der Waals surface area contributed by atoms with Crippen LogP contribution < -0.4 is 10.0 Å². The van der Waals surface area contributed by atoms with Crippen molar-refractivity contribution >= 4 is 21.9 Å². The second-order valence-electron chi connectivity index (χ2n) is 4.60. The van der Waals surface area contributed by atoms with Gasteiger partial charge in [0.05, 0.1) is 10.5 Å². The van der Waals surface area contributed by atoms with E-state index in [2.05, 4.69) is 11.9 Å². The Morgan fingerprint density at radius 3 is 2.71 bits per heavy atom. The molecule has 24 heavy (non-hydrogen) atoms. The first kappa shape index (κ1) is 19.3. The third-order valence-electron chi connectivity index (χ3n) is 2.80. The highest BCUT2D eigenvalue weighted by molar-refractivity contribution is 7.89. The number of sulfonamides is 1. The summed E-state index contributed by atoms with van der Waals surface area (Å²) >= 11 is 0. The summed E-state index contributed by atoms with van der Waals surface area (Å²) < 4.78 is 31.1. The third kappa shape index (κ3) is 5.49. The molecule has 0 spiro atoms. The molecule has 1 aromatic rings. The van der Waals surface area contributed by atoms with Crippen molar-refractivity contribution in [3.05, 3.63) is 42.5 Å². The van der Waals surface area contributed by atoms with Gasteiger partial charge in [-0.15, -0.1) is 6.58 Å². The van der Waals surface area contributed by atoms with E-state index in [1.807, 2.05) is 4.72 Å². The summed E-state index contributed by atoms with van der Waals surface area (Å²) in [6.45, 7) is 4.34. The first-order chi connectivity index (χ1) is 11.3. The van der Waals surface area contributed by atoms with Crippen LogP contribution in [0.15, 0.2) is 41.8 Å². The van der Waals surface area contributed by atoms with E-state index in [1.54, 1.807) is 6.07 Å². The van der Waals surface area contributed by atoms with Crippen LogP contribution in [0.3, 0.4) is 0 Å². The Morgan fingerprint density at radius 2 is 2.08 bits per heavy atom. The lowest BCUT2D eigenvalue weighted by Gasteiger charge is -2.13. The predicted octanol–water partition coefficient (Wildman–Crippen LogP) is 0.0705. The monoisotopic (exact) mass is 351 g/mol. The van der Waals surface area contributed by atoms with Crippen molar-refractivity contribution in [2.75, 3.05) is 13.1 Å². The molecule has 0 aliphatic rings. The van der Waals surface area contributed by atoms with Gasteiger partial charge < -0.3 is 10.1 Å². The summed E-state index contributed by atoms with van der Waals surface area (Å²) in [5.41, 5.74) is -0.0458. The van der Waals surface area contributed by atoms with E-state index in [0.29, 0.717) is 0 Å². The van der Waals surface area contributed by atoms with E-state index in [4.69, 9.17) is 10.00 Å². The molecule has 9 heteroatoms. The van der Waals surface area contributed by atoms with Gasteiger partial charge in [-0.05, 0) is 19.1 Å². The summed E-state index contributed by atoms with van der Waals surface area (Å²) in [7, 11) is -4.06. The fraction of sp³-hybridized carbons (Fsp3) is 0.267. The minimum absolute atomic E-state index is 0.0458. The first-order valence-corrected chi connectivity index (χ1v) is 8.37. The van der Waals surface area contributed by atoms with Crippen molar-refractivity contribution in [3.63, 3.8) is 0 Å². The smallest absolute Gasteiger partial charge is 0.321 e. The fourth-order valence-corrected chi connectivity index (χ4v) is 2.76. The Bertz CT molecular complexity index is 768. The van der Waals surface area contributed by atoms with Crippen LogP contribution in [0.5, 0.6) is 0 Å². The molecule has 0 unspecified atom stereocenters. The Morgan fingerprint density at radius 1 is 1.42 bits per heavy atom. The van der Waals surface area contributed by atoms with Crippen LogP contribution in [0, 0.1) is 11.3 Å². The van der Waals surface area contributed by atoms with Gasteiger partial charge in [0.1, 0.15) is 12.6 Å². The molecule has 1 amide bonds. The van der Waals surface area contributed by atoms with E-state index in [1.165, 1.54) is 37.3 Å². The number of hydrogen-bond donors (Lipinski definition) is 2. The average molecular weight is 351 g/mol. The molecule has 1 rings (SSSR count). The summed E-state index contributed by atoms with van der Waals surface area (Å²) in [5, 5.41) is 11.4. The molecule has 0 aliphatic heterocycles. The number of nitrogens with zero attached hydrogens (tertiary/aromatic N) is 1. The molecule has 8 nitrogen and oxygen atoms in total. The van der Waals surface area contributed by atoms with E-state index in [0.717, 1.165) is 0 Å². The van der Waals surface area contributed by atoms with E-state index in [9.17, 15) is 18.0 Å². The quantitative estimate of drug-likeness (QED) is 0.504. The summed E-state index contributed by atoms with van der Waals surface area (Å²) in [4.78, 5) is 22.9. The van der Waals surface area contributed by atoms with Gasteiger partial charge in [0.2, 0.25) is 10.0 Å². The Hall–Kier alpha value is -2.70. The SMILES string of the molecule is C=CCNC(=O)[C@@H](C)OC(=O)CNS(=O)(=O)c1ccccc1C#N. The van der Waals surface area contributed by atoms with Crippen LogP contribution in [0.1, 0.15) is 12.5 Å². The lowest BCUT2D eigenvalue weighted by Crippen LogP contribution is -2.38. The zero-order valence-corrected chi connectivity index (χ0v) is 13.8. The highest BCUT2D eigenvalue weighted by Crippen LogP contribution is 2.13. The normalized spacial score (nSPS) is 11.8. The van der Waals surface area contributed by atoms with Gasteiger partial charge in [-0.1, -0.05) is 18.2 Å². The second-order valence-corrected chi connectivity index (χ2v) is 6.33. The topological polar surface area (TPSA) is 125 Å². The van der Waals surface area contributed by atoms with Crippen LogP contribution in [-0.2, 0) is 24.3 Å². The minimum atomic E-state index is -4.06. The molecular formula is C15H17N3O5S. The Labute approximate surface area is 140 Å². The molecule has 0 fully saturated rings. The molecule has 1 atom stereocenters. The molecule has 0 radical (unpaired) electrons. The number of carbonyl (C=O) groups is 2. The maximum atomic E-state index is 12.1. The Kier molecular flexibility index (Phi) is 7.10. The lowest BCUT2D eigenvalue weighted by molar-refractivity contribution is -0.153. The fourth-order valence-electron chi connectivity index (χ4n) is 1.63. The molecule has 0 heterocycles. The summed E-state index contributed by atoms with van der Waals surface area (Å²) in [5.74, 6) is -1.45. The number of rotatable bonds is 8. The number of benzene rings is 1. The van der Waals surface area contributed by atoms with Gasteiger partial charge >= 0.3 is 5.97 Å². The number of nitrogens with one attached hydrogen (secondary N) is 2. The van der Waals surface area contributed by atoms with Crippen LogP contribution in [-0.4, -0.2) is 39.5 Å². The largest absolute Gasteiger partial charge is 0.452 e. The molecule has 0 bridgehead atoms. The van der Waals surface area contributed by atoms with E-state index >= 15 is 0 Å². The van der Waals surface area contributed by atoms with Crippen molar-refractivity contribution in [2.24, 2.45) is 0 Å². The number of hydrogen-bond acceptors (Lipinski definition) is 6. The van der Waals surface area contributed by atoms with Crippen LogP contribution in [0.25, 0.3) is 0 Å². The molecular weight excluding hydrogens is 334 g/mol. The second kappa shape index (κ2) is 8.81. The van der Waals surface area contributed by atoms with E-state index < -0.39 is 34.5 Å². The predicted molar refractivity (Wildman–Crippen MR) is 85.1 cm³/mol. The zero-order chi connectivity index (χ0) is 18.2. The molecule has 0 saturated carbocycles. The molecule has 1 aromatic carbocycles. The van der Waals surface area contributed by atoms with Gasteiger partial charge in [-0.2, -0.15) is 9.98 Å². The molecule has 0 aliphatic carbocycles. The highest BCUT2D eigenvalue weighted by atomic mass is 32.2. The maximum Gasteiger partial charge on any atom is 0.321 e. The minimum Gasteiger partial charge on any atom is -0.452 e. The Balaban J connectivity index is 2.65. The number of nitriles is 1. The lowest BCUT2D eigenvalue weighted by atomic mass is 10.2. The number of esters is 1. The molecule has 128 valence electrons. The van der Waals surface area contributed by atoms with Gasteiger partial charge in [0.25, 0.3) is 5.91 Å². The van der Waals surface area contributed by atoms with Crippen molar-refractivity contribution in [3.8, 4) is 6.07 Å². The average Bonchev–Trinajstić information content (AvgIpc) is 2.57. The van der Waals surface area contributed by atoms with Crippen LogP contribution >= 0.6 is 0 Å². The first-order valence-electron chi connectivity index (χ1n) is 6.88. The van der Waals surface area contributed by atoms with Crippen molar-refractivity contribution in [1.29, 1.82) is 5.26 Å². The molecule has 2 N–H and O–H groups in total. The van der Waals surface area contributed by atoms with Gasteiger partial charge in [-0.3, -0.25) is 9.59 Å². The summed E-state index contributed by atoms with van der Waals surface area (Å²) in [6, 6.07) is 7.33. The summed E-state index contributed by atoms with van der Waals surface area (Å²) in [6.07, 6.45) is 0.390. The van der Waals surface area contributed by atoms with Gasteiger partial charge in [-0.25, -0.2) is 8.42 Å². The van der Waals surface area contributed by atoms with Crippen LogP contribution in [0.2, 0.25) is 0 Å². The standard InChI is InChI=1S/C15H17N3O5S/c1-3-8-17-15(20)11(2)23-14(19)10-18-24(21,22)13-7-5-4-6-12(13)9-16/h3-7,11,18H,1,8,10H2,2H3,(H,17,20)/t11-/m1/s1. The van der Waals surface area contributed by atoms with E-state index in [-0.39, 0.29) is 17.0 Å². The molecule has 0 aromatic heterocycles. The van der Waals surface area contributed by atoms with Crippen molar-refractivity contribution < 1.29 is 22.7 Å². The van der Waals surface area contributed by atoms with Crippen LogP contribution in [0.4, 0.5) is 0 Å². The molecule has 0 saturated heterocycles.